The summed E-state index contributed by atoms with van der Waals surface area (Å²) in [5.41, 5.74) is 10.2. The lowest BCUT2D eigenvalue weighted by Crippen LogP contribution is -2.47. The normalized spacial score (nSPS) is 34.0. The van der Waals surface area contributed by atoms with Gasteiger partial charge in [0.05, 0.1) is 41.5 Å². The molecule has 6 rings (SSSR count). The number of amides is 4. The molecule has 0 aromatic carbocycles. The van der Waals surface area contributed by atoms with E-state index in [0.717, 1.165) is 77.0 Å². The topological polar surface area (TPSA) is 170 Å². The lowest BCUT2D eigenvalue weighted by Gasteiger charge is -2.27. The van der Waals surface area contributed by atoms with Crippen LogP contribution < -0.4 is 11.5 Å². The van der Waals surface area contributed by atoms with Crippen LogP contribution in [0.15, 0.2) is 0 Å². The number of carbonyl (C=O) groups is 6. The summed E-state index contributed by atoms with van der Waals surface area (Å²) in [4.78, 5) is 75.3. The number of nitrogens with zero attached hydrogens (tertiary/aromatic N) is 2. The highest BCUT2D eigenvalue weighted by atomic mass is 16.6. The summed E-state index contributed by atoms with van der Waals surface area (Å²) in [5, 5.41) is 0. The molecule has 3 heterocycles. The molecule has 3 saturated carbocycles. The number of likely N-dealkylation sites (tertiary alicyclic amines) is 2. The van der Waals surface area contributed by atoms with Crippen LogP contribution in [0.1, 0.15) is 90.9 Å². The molecular weight excluding hydrogens is 528 g/mol. The van der Waals surface area contributed by atoms with Crippen LogP contribution in [0.3, 0.4) is 0 Å². The van der Waals surface area contributed by atoms with E-state index in [1.54, 1.807) is 6.92 Å². The molecule has 0 aromatic heterocycles. The molecule has 0 aromatic rings. The van der Waals surface area contributed by atoms with Crippen molar-refractivity contribution in [1.82, 2.24) is 9.80 Å². The van der Waals surface area contributed by atoms with Crippen molar-refractivity contribution in [3.63, 3.8) is 0 Å². The second-order valence-electron chi connectivity index (χ2n) is 12.6. The predicted octanol–water partition coefficient (Wildman–Crippen LogP) is 1.89. The van der Waals surface area contributed by atoms with Crippen LogP contribution in [0.2, 0.25) is 0 Å². The van der Waals surface area contributed by atoms with Crippen molar-refractivity contribution >= 4 is 35.6 Å². The average Bonchev–Trinajstić information content (AvgIpc) is 3.51. The first-order valence-corrected chi connectivity index (χ1v) is 15.5. The molecule has 228 valence electrons. The van der Waals surface area contributed by atoms with Gasteiger partial charge in [0.1, 0.15) is 0 Å². The molecule has 11 heteroatoms. The molecule has 8 unspecified atom stereocenters. The molecule has 11 nitrogen and oxygen atoms in total. The highest BCUT2D eigenvalue weighted by Gasteiger charge is 2.52. The van der Waals surface area contributed by atoms with E-state index in [9.17, 15) is 28.8 Å². The molecule has 3 saturated heterocycles. The zero-order valence-electron chi connectivity index (χ0n) is 24.4. The van der Waals surface area contributed by atoms with Crippen molar-refractivity contribution in [2.45, 2.75) is 103 Å². The van der Waals surface area contributed by atoms with Crippen molar-refractivity contribution in [3.05, 3.63) is 0 Å². The van der Waals surface area contributed by atoms with Crippen molar-refractivity contribution < 1.29 is 33.5 Å². The minimum absolute atomic E-state index is 0.0984. The van der Waals surface area contributed by atoms with Crippen molar-refractivity contribution in [3.8, 4) is 0 Å². The number of esters is 2. The third-order valence-corrected chi connectivity index (χ3v) is 9.64. The van der Waals surface area contributed by atoms with Crippen LogP contribution in [0.25, 0.3) is 0 Å². The SMILES string of the molecule is CC(CN1C(=O)C2CCCCC2C1=O)N1C(=O)C2CCCCC2C1=O.CC(N)CN.O=C1OC(=O)C2CCCCC12. The lowest BCUT2D eigenvalue weighted by atomic mass is 9.81. The van der Waals surface area contributed by atoms with Crippen molar-refractivity contribution in [2.24, 2.45) is 47.0 Å². The average molecular weight is 575 g/mol. The van der Waals surface area contributed by atoms with Crippen molar-refractivity contribution in [2.75, 3.05) is 13.1 Å². The number of nitrogens with two attached hydrogens (primary N) is 2. The molecule has 0 radical (unpaired) electrons. The van der Waals surface area contributed by atoms with E-state index < -0.39 is 6.04 Å². The molecule has 8 atom stereocenters. The Morgan fingerprint density at radius 3 is 1.29 bits per heavy atom. The Hall–Kier alpha value is -2.66. The second-order valence-corrected chi connectivity index (χ2v) is 12.6. The molecular formula is C30H46N4O7. The number of rotatable bonds is 4. The molecule has 0 spiro atoms. The van der Waals surface area contributed by atoms with Gasteiger partial charge in [-0.05, 0) is 52.4 Å². The van der Waals surface area contributed by atoms with E-state index in [1.807, 2.05) is 6.92 Å². The van der Waals surface area contributed by atoms with Crippen LogP contribution in [-0.4, -0.2) is 70.5 Å². The van der Waals surface area contributed by atoms with Gasteiger partial charge in [0.25, 0.3) is 0 Å². The van der Waals surface area contributed by atoms with E-state index in [2.05, 4.69) is 4.74 Å². The summed E-state index contributed by atoms with van der Waals surface area (Å²) >= 11 is 0. The van der Waals surface area contributed by atoms with Gasteiger partial charge in [0.2, 0.25) is 23.6 Å². The summed E-state index contributed by atoms with van der Waals surface area (Å²) in [6, 6.07) is -0.270. The molecule has 3 aliphatic heterocycles. The van der Waals surface area contributed by atoms with Gasteiger partial charge in [-0.15, -0.1) is 0 Å². The van der Waals surface area contributed by atoms with Gasteiger partial charge < -0.3 is 16.2 Å². The highest BCUT2D eigenvalue weighted by Crippen LogP contribution is 2.41. The molecule has 6 fully saturated rings. The molecule has 3 aliphatic carbocycles. The summed E-state index contributed by atoms with van der Waals surface area (Å²) in [6.45, 7) is 4.40. The van der Waals surface area contributed by atoms with E-state index in [4.69, 9.17) is 11.5 Å². The van der Waals surface area contributed by atoms with Gasteiger partial charge in [-0.1, -0.05) is 38.5 Å². The Kier molecular flexibility index (Phi) is 10.3. The van der Waals surface area contributed by atoms with Gasteiger partial charge in [-0.3, -0.25) is 38.6 Å². The second kappa shape index (κ2) is 13.5. The summed E-state index contributed by atoms with van der Waals surface area (Å²) in [5.74, 6) is -1.91. The number of hydrogen-bond donors (Lipinski definition) is 2. The molecule has 4 N–H and O–H groups in total. The maximum atomic E-state index is 12.7. The van der Waals surface area contributed by atoms with Crippen molar-refractivity contribution in [1.29, 1.82) is 0 Å². The van der Waals surface area contributed by atoms with Crippen LogP contribution in [0, 0.1) is 35.5 Å². The predicted molar refractivity (Wildman–Crippen MR) is 148 cm³/mol. The smallest absolute Gasteiger partial charge is 0.317 e. The fourth-order valence-corrected chi connectivity index (χ4v) is 7.32. The van der Waals surface area contributed by atoms with Crippen LogP contribution in [-0.2, 0) is 33.5 Å². The van der Waals surface area contributed by atoms with Gasteiger partial charge in [0.15, 0.2) is 0 Å². The van der Waals surface area contributed by atoms with Crippen LogP contribution in [0.4, 0.5) is 0 Å². The standard InChI is InChI=1S/C19H26N2O4.C8H10O3.C3H10N2/c1-11(21-18(24)14-8-4-5-9-15(14)19(21)25)10-20-16(22)12-6-2-3-7-13(12)17(20)23;9-7-5-3-1-2-4-6(5)8(10)11-7;1-3(5)2-4/h11-15H,2-10H2,1H3;5-6H,1-4H2;3H,2,4-5H2,1H3. The van der Waals surface area contributed by atoms with Gasteiger partial charge in [-0.2, -0.15) is 0 Å². The van der Waals surface area contributed by atoms with E-state index in [-0.39, 0.29) is 83.7 Å². The fourth-order valence-electron chi connectivity index (χ4n) is 7.32. The highest BCUT2D eigenvalue weighted by molar-refractivity contribution is 6.07. The Labute approximate surface area is 242 Å². The Morgan fingerprint density at radius 1 is 0.634 bits per heavy atom. The Morgan fingerprint density at radius 2 is 0.951 bits per heavy atom. The van der Waals surface area contributed by atoms with Gasteiger partial charge >= 0.3 is 11.9 Å². The molecule has 6 aliphatic rings. The van der Waals surface area contributed by atoms with Gasteiger partial charge in [-0.25, -0.2) is 0 Å². The number of hydrogen-bond acceptors (Lipinski definition) is 9. The third-order valence-electron chi connectivity index (χ3n) is 9.64. The Balaban J connectivity index is 0.000000199. The minimum atomic E-state index is -0.432. The fraction of sp³-hybridized carbons (Fsp3) is 0.800. The molecule has 0 bridgehead atoms. The quantitative estimate of drug-likeness (QED) is 0.289. The number of imide groups is 2. The van der Waals surface area contributed by atoms with E-state index in [0.29, 0.717) is 6.54 Å². The zero-order valence-corrected chi connectivity index (χ0v) is 24.4. The Bertz CT molecular complexity index is 976. The first kappa shape index (κ1) is 31.3. The maximum absolute atomic E-state index is 12.7. The summed E-state index contributed by atoms with van der Waals surface area (Å²) < 4.78 is 4.53. The number of cyclic esters (lactones) is 2. The molecule has 4 amide bonds. The lowest BCUT2D eigenvalue weighted by molar-refractivity contribution is -0.154. The van der Waals surface area contributed by atoms with E-state index >= 15 is 0 Å². The number of carbonyl (C=O) groups excluding carboxylic acids is 6. The third kappa shape index (κ3) is 6.56. The maximum Gasteiger partial charge on any atom is 0.317 e. The number of fused-ring (bicyclic) bond motifs is 3. The van der Waals surface area contributed by atoms with Crippen LogP contribution >= 0.6 is 0 Å². The number of ether oxygens (including phenoxy) is 1. The molecule has 41 heavy (non-hydrogen) atoms. The zero-order chi connectivity index (χ0) is 29.8. The van der Waals surface area contributed by atoms with E-state index in [1.165, 1.54) is 9.80 Å². The van der Waals surface area contributed by atoms with Crippen LogP contribution in [0.5, 0.6) is 0 Å². The first-order chi connectivity index (χ1) is 19.6. The largest absolute Gasteiger partial charge is 0.393 e. The summed E-state index contributed by atoms with van der Waals surface area (Å²) in [6.07, 6.45) is 10.9. The van der Waals surface area contributed by atoms with Gasteiger partial charge in [0, 0.05) is 19.1 Å². The first-order valence-electron chi connectivity index (χ1n) is 15.5. The summed E-state index contributed by atoms with van der Waals surface area (Å²) in [7, 11) is 0. The monoisotopic (exact) mass is 574 g/mol. The minimum Gasteiger partial charge on any atom is -0.393 e.